The third-order valence-corrected chi connectivity index (χ3v) is 3.39. The molecule has 0 atom stereocenters. The van der Waals surface area contributed by atoms with Crippen LogP contribution in [0.3, 0.4) is 0 Å². The summed E-state index contributed by atoms with van der Waals surface area (Å²) in [6.45, 7) is 0. The third kappa shape index (κ3) is 3.69. The summed E-state index contributed by atoms with van der Waals surface area (Å²) >= 11 is 12.1. The molecule has 2 aromatic rings. The molecule has 1 aromatic carbocycles. The van der Waals surface area contributed by atoms with E-state index in [1.807, 2.05) is 0 Å². The Morgan fingerprint density at radius 1 is 1.16 bits per heavy atom. The highest BCUT2D eigenvalue weighted by molar-refractivity contribution is 6.36. The van der Waals surface area contributed by atoms with Gasteiger partial charge in [0.1, 0.15) is 11.6 Å². The van der Waals surface area contributed by atoms with Gasteiger partial charge in [0.15, 0.2) is 0 Å². The van der Waals surface area contributed by atoms with E-state index in [0.29, 0.717) is 21.4 Å². The van der Waals surface area contributed by atoms with Gasteiger partial charge in [0.25, 0.3) is 0 Å². The standard InChI is InChI=1S/C14H12Cl2N2O/c15-12-2-1-3-13(16)11(12)8-10(19)6-9-4-5-18-14(17)7-9/h1-5,7H,6,8H2,(H2,17,18). The zero-order chi connectivity index (χ0) is 13.8. The fraction of sp³-hybridized carbons (Fsp3) is 0.143. The van der Waals surface area contributed by atoms with E-state index in [1.165, 1.54) is 0 Å². The number of Topliss-reactive ketones (excluding diaryl/α,β-unsaturated/α-hetero) is 1. The van der Waals surface area contributed by atoms with Crippen LogP contribution in [0.2, 0.25) is 10.0 Å². The van der Waals surface area contributed by atoms with E-state index < -0.39 is 0 Å². The van der Waals surface area contributed by atoms with Gasteiger partial charge in [-0.2, -0.15) is 0 Å². The number of anilines is 1. The maximum Gasteiger partial charge on any atom is 0.141 e. The molecule has 1 heterocycles. The van der Waals surface area contributed by atoms with Crippen molar-refractivity contribution < 1.29 is 4.79 Å². The van der Waals surface area contributed by atoms with Crippen LogP contribution < -0.4 is 5.73 Å². The predicted molar refractivity (Wildman–Crippen MR) is 77.5 cm³/mol. The molecule has 0 unspecified atom stereocenters. The van der Waals surface area contributed by atoms with E-state index >= 15 is 0 Å². The molecule has 1 aromatic heterocycles. The highest BCUT2D eigenvalue weighted by Gasteiger charge is 2.11. The van der Waals surface area contributed by atoms with Crippen LogP contribution in [0.4, 0.5) is 5.82 Å². The van der Waals surface area contributed by atoms with Gasteiger partial charge in [0.05, 0.1) is 0 Å². The normalized spacial score (nSPS) is 10.4. The fourth-order valence-electron chi connectivity index (χ4n) is 1.79. The van der Waals surface area contributed by atoms with E-state index in [0.717, 1.165) is 5.56 Å². The minimum absolute atomic E-state index is 0.0283. The molecular weight excluding hydrogens is 283 g/mol. The summed E-state index contributed by atoms with van der Waals surface area (Å²) in [6.07, 6.45) is 2.08. The van der Waals surface area contributed by atoms with Crippen molar-refractivity contribution in [1.82, 2.24) is 4.98 Å². The zero-order valence-corrected chi connectivity index (χ0v) is 11.6. The average molecular weight is 295 g/mol. The van der Waals surface area contributed by atoms with Gasteiger partial charge >= 0.3 is 0 Å². The minimum atomic E-state index is 0.0283. The largest absolute Gasteiger partial charge is 0.384 e. The lowest BCUT2D eigenvalue weighted by atomic mass is 10.0. The first-order valence-electron chi connectivity index (χ1n) is 5.71. The topological polar surface area (TPSA) is 56.0 Å². The fourth-order valence-corrected chi connectivity index (χ4v) is 2.32. The lowest BCUT2D eigenvalue weighted by Crippen LogP contribution is -2.08. The first kappa shape index (κ1) is 13.8. The number of ketones is 1. The molecule has 0 bridgehead atoms. The van der Waals surface area contributed by atoms with Crippen molar-refractivity contribution in [2.75, 3.05) is 5.73 Å². The third-order valence-electron chi connectivity index (χ3n) is 2.68. The second-order valence-corrected chi connectivity index (χ2v) is 5.00. The number of hydrogen-bond acceptors (Lipinski definition) is 3. The van der Waals surface area contributed by atoms with Gasteiger partial charge < -0.3 is 5.73 Å². The van der Waals surface area contributed by atoms with E-state index in [9.17, 15) is 4.79 Å². The Bertz CT molecular complexity index is 594. The number of nitrogen functional groups attached to an aromatic ring is 1. The summed E-state index contributed by atoms with van der Waals surface area (Å²) in [7, 11) is 0. The van der Waals surface area contributed by atoms with Crippen molar-refractivity contribution >= 4 is 34.8 Å². The molecule has 0 aliphatic rings. The average Bonchev–Trinajstić information content (AvgIpc) is 2.34. The Morgan fingerprint density at radius 3 is 2.47 bits per heavy atom. The van der Waals surface area contributed by atoms with Crippen LogP contribution in [0, 0.1) is 0 Å². The number of nitrogens with two attached hydrogens (primary N) is 1. The van der Waals surface area contributed by atoms with E-state index in [2.05, 4.69) is 4.98 Å². The SMILES string of the molecule is Nc1cc(CC(=O)Cc2c(Cl)cccc2Cl)ccn1. The number of rotatable bonds is 4. The number of pyridine rings is 1. The Labute approximate surface area is 121 Å². The molecule has 0 spiro atoms. The van der Waals surface area contributed by atoms with Crippen molar-refractivity contribution in [2.24, 2.45) is 0 Å². The highest BCUT2D eigenvalue weighted by atomic mass is 35.5. The number of carbonyl (C=O) groups is 1. The van der Waals surface area contributed by atoms with Gasteiger partial charge in [-0.1, -0.05) is 29.3 Å². The van der Waals surface area contributed by atoms with E-state index in [1.54, 1.807) is 36.5 Å². The van der Waals surface area contributed by atoms with Crippen LogP contribution in [-0.2, 0) is 17.6 Å². The number of nitrogens with zero attached hydrogens (tertiary/aromatic N) is 1. The van der Waals surface area contributed by atoms with Crippen molar-refractivity contribution in [3.8, 4) is 0 Å². The lowest BCUT2D eigenvalue weighted by molar-refractivity contribution is -0.117. The summed E-state index contributed by atoms with van der Waals surface area (Å²) in [6, 6.07) is 8.65. The van der Waals surface area contributed by atoms with Gasteiger partial charge in [-0.25, -0.2) is 4.98 Å². The van der Waals surface area contributed by atoms with Crippen LogP contribution in [-0.4, -0.2) is 10.8 Å². The second kappa shape index (κ2) is 6.04. The molecule has 0 fully saturated rings. The number of halogens is 2. The molecule has 2 N–H and O–H groups in total. The van der Waals surface area contributed by atoms with Crippen molar-refractivity contribution in [3.05, 3.63) is 57.7 Å². The summed E-state index contributed by atoms with van der Waals surface area (Å²) in [5, 5.41) is 1.02. The Hall–Kier alpha value is -1.58. The predicted octanol–water partition coefficient (Wildman–Crippen LogP) is 3.32. The summed E-state index contributed by atoms with van der Waals surface area (Å²) < 4.78 is 0. The Kier molecular flexibility index (Phi) is 4.40. The van der Waals surface area contributed by atoms with Gasteiger partial charge in [-0.3, -0.25) is 4.79 Å². The Balaban J connectivity index is 2.10. The van der Waals surface area contributed by atoms with Gasteiger partial charge in [-0.05, 0) is 35.4 Å². The molecule has 0 radical (unpaired) electrons. The van der Waals surface area contributed by atoms with Crippen molar-refractivity contribution in [2.45, 2.75) is 12.8 Å². The van der Waals surface area contributed by atoms with Crippen molar-refractivity contribution in [3.63, 3.8) is 0 Å². The number of benzene rings is 1. The van der Waals surface area contributed by atoms with Gasteiger partial charge in [-0.15, -0.1) is 0 Å². The lowest BCUT2D eigenvalue weighted by Gasteiger charge is -2.06. The van der Waals surface area contributed by atoms with Crippen molar-refractivity contribution in [1.29, 1.82) is 0 Å². The molecule has 0 saturated heterocycles. The molecule has 3 nitrogen and oxygen atoms in total. The number of carbonyl (C=O) groups excluding carboxylic acids is 1. The molecule has 19 heavy (non-hydrogen) atoms. The molecule has 2 rings (SSSR count). The molecule has 0 aliphatic heterocycles. The van der Waals surface area contributed by atoms with Crippen LogP contribution in [0.15, 0.2) is 36.5 Å². The maximum absolute atomic E-state index is 12.0. The van der Waals surface area contributed by atoms with E-state index in [-0.39, 0.29) is 18.6 Å². The van der Waals surface area contributed by atoms with Crippen LogP contribution in [0.1, 0.15) is 11.1 Å². The molecule has 5 heteroatoms. The van der Waals surface area contributed by atoms with Gasteiger partial charge in [0, 0.05) is 29.1 Å². The van der Waals surface area contributed by atoms with Crippen LogP contribution in [0.5, 0.6) is 0 Å². The van der Waals surface area contributed by atoms with Gasteiger partial charge in [0.2, 0.25) is 0 Å². The number of aromatic nitrogens is 1. The quantitative estimate of drug-likeness (QED) is 0.941. The second-order valence-electron chi connectivity index (χ2n) is 4.18. The molecular formula is C14H12Cl2N2O. The van der Waals surface area contributed by atoms with Crippen LogP contribution in [0.25, 0.3) is 0 Å². The first-order valence-corrected chi connectivity index (χ1v) is 6.47. The molecule has 0 amide bonds. The maximum atomic E-state index is 12.0. The number of hydrogen-bond donors (Lipinski definition) is 1. The minimum Gasteiger partial charge on any atom is -0.384 e. The molecule has 0 saturated carbocycles. The summed E-state index contributed by atoms with van der Waals surface area (Å²) in [4.78, 5) is 15.9. The Morgan fingerprint density at radius 2 is 1.84 bits per heavy atom. The highest BCUT2D eigenvalue weighted by Crippen LogP contribution is 2.25. The molecule has 98 valence electrons. The van der Waals surface area contributed by atoms with E-state index in [4.69, 9.17) is 28.9 Å². The first-order chi connectivity index (χ1) is 9.06. The molecule has 0 aliphatic carbocycles. The smallest absolute Gasteiger partial charge is 0.141 e. The summed E-state index contributed by atoms with van der Waals surface area (Å²) in [5.74, 6) is 0.432. The zero-order valence-electron chi connectivity index (χ0n) is 10.1. The van der Waals surface area contributed by atoms with Crippen LogP contribution >= 0.6 is 23.2 Å². The summed E-state index contributed by atoms with van der Waals surface area (Å²) in [5.41, 5.74) is 7.07. The monoisotopic (exact) mass is 294 g/mol.